The first kappa shape index (κ1) is 42.2. The average Bonchev–Trinajstić information content (AvgIpc) is 3.90. The normalized spacial score (nSPS) is 20.8. The van der Waals surface area contributed by atoms with E-state index in [1.165, 1.54) is 23.5 Å². The van der Waals surface area contributed by atoms with Crippen LogP contribution in [0.15, 0.2) is 48.9 Å². The van der Waals surface area contributed by atoms with Gasteiger partial charge in [0.1, 0.15) is 11.4 Å². The minimum Gasteiger partial charge on any atom is -0.410 e. The van der Waals surface area contributed by atoms with Gasteiger partial charge in [0, 0.05) is 43.9 Å². The van der Waals surface area contributed by atoms with Gasteiger partial charge in [0.05, 0.1) is 30.2 Å². The number of hydrogen-bond donors (Lipinski definition) is 5. The van der Waals surface area contributed by atoms with Crippen LogP contribution in [-0.2, 0) is 19.2 Å². The van der Waals surface area contributed by atoms with Crippen molar-refractivity contribution in [2.75, 3.05) is 13.1 Å². The van der Waals surface area contributed by atoms with E-state index in [1.807, 2.05) is 27.7 Å². The highest BCUT2D eigenvalue weighted by Crippen LogP contribution is 2.34. The summed E-state index contributed by atoms with van der Waals surface area (Å²) in [6.45, 7) is 7.25. The zero-order chi connectivity index (χ0) is 40.4. The molecule has 5 N–H and O–H groups in total. The molecular formula is C41H57N7O8. The van der Waals surface area contributed by atoms with Crippen LogP contribution in [0.2, 0.25) is 0 Å². The summed E-state index contributed by atoms with van der Waals surface area (Å²) in [4.78, 5) is 91.5. The van der Waals surface area contributed by atoms with Gasteiger partial charge in [0.25, 0.3) is 11.8 Å². The van der Waals surface area contributed by atoms with Gasteiger partial charge in [-0.15, -0.1) is 0 Å². The van der Waals surface area contributed by atoms with Crippen molar-refractivity contribution in [1.82, 2.24) is 36.1 Å². The van der Waals surface area contributed by atoms with Gasteiger partial charge >= 0.3 is 6.09 Å². The number of aromatic nitrogens is 2. The molecule has 1 unspecified atom stereocenters. The fraction of sp³-hybridized carbons (Fsp3) is 0.610. The highest BCUT2D eigenvalue weighted by molar-refractivity contribution is 5.98. The molecule has 2 aliphatic carbocycles. The average molecular weight is 776 g/mol. The Morgan fingerprint density at radius 2 is 1.62 bits per heavy atom. The second-order valence-corrected chi connectivity index (χ2v) is 16.5. The number of carbonyl (C=O) groups is 6. The van der Waals surface area contributed by atoms with Crippen molar-refractivity contribution in [3.8, 4) is 5.75 Å². The molecule has 6 atom stereocenters. The number of ether oxygens (including phenoxy) is 1. The predicted octanol–water partition coefficient (Wildman–Crippen LogP) is 3.32. The number of para-hydroxylation sites is 1. The second-order valence-electron chi connectivity index (χ2n) is 16.5. The molecule has 1 aliphatic heterocycles. The molecule has 0 spiro atoms. The minimum atomic E-state index is -1.49. The van der Waals surface area contributed by atoms with Gasteiger partial charge < -0.3 is 36.0 Å². The number of benzene rings is 1. The third kappa shape index (κ3) is 11.6. The molecule has 3 aliphatic rings. The number of likely N-dealkylation sites (tertiary alicyclic amines) is 1. The first-order chi connectivity index (χ1) is 26.7. The molecule has 0 radical (unpaired) electrons. The van der Waals surface area contributed by atoms with E-state index in [2.05, 4.69) is 31.2 Å². The number of amides is 5. The fourth-order valence-corrected chi connectivity index (χ4v) is 7.59. The summed E-state index contributed by atoms with van der Waals surface area (Å²) in [5.74, 6) is -4.03. The molecule has 2 heterocycles. The molecule has 15 heteroatoms. The summed E-state index contributed by atoms with van der Waals surface area (Å²) >= 11 is 0. The molecule has 1 saturated heterocycles. The summed E-state index contributed by atoms with van der Waals surface area (Å²) in [5.41, 5.74) is -0.636. The number of aliphatic hydroxyl groups excluding tert-OH is 1. The lowest BCUT2D eigenvalue weighted by Gasteiger charge is -2.34. The van der Waals surface area contributed by atoms with Crippen LogP contribution in [0.5, 0.6) is 5.75 Å². The summed E-state index contributed by atoms with van der Waals surface area (Å²) in [7, 11) is 0. The molecule has 1 aromatic carbocycles. The number of ketones is 1. The topological polar surface area (TPSA) is 209 Å². The van der Waals surface area contributed by atoms with E-state index in [1.54, 1.807) is 30.3 Å². The molecule has 0 bridgehead atoms. The summed E-state index contributed by atoms with van der Waals surface area (Å²) < 4.78 is 5.58. The monoisotopic (exact) mass is 775 g/mol. The molecule has 2 aromatic rings. The van der Waals surface area contributed by atoms with Gasteiger partial charge in [-0.05, 0) is 55.6 Å². The third-order valence-corrected chi connectivity index (χ3v) is 11.0. The van der Waals surface area contributed by atoms with Crippen LogP contribution in [0.1, 0.15) is 102 Å². The molecular weight excluding hydrogens is 718 g/mol. The van der Waals surface area contributed by atoms with Crippen LogP contribution in [0.25, 0.3) is 0 Å². The van der Waals surface area contributed by atoms with E-state index < -0.39 is 71.2 Å². The van der Waals surface area contributed by atoms with Crippen molar-refractivity contribution in [1.29, 1.82) is 0 Å². The van der Waals surface area contributed by atoms with E-state index in [0.29, 0.717) is 18.6 Å². The van der Waals surface area contributed by atoms with Crippen LogP contribution in [0.3, 0.4) is 0 Å². The standard InChI is InChI=1S/C41H57N7O8/c1-5-12-30(35(50)39(54)44-26-17-18-26)45-36(51)28-23-48(40(55)56-27-15-10-7-11-16-27)24-32(28)46-37(52)29(41(2,3)4)21-33(49)34(25-13-8-6-9-14-25)47-38(53)31-22-42-19-20-43-31/h7,10-11,15-16,19-20,22,25-26,28-30,32,34-35,50H,5-6,8-9,12-14,17-18,21,23-24H2,1-4H3,(H,44,54)(H,45,51)(H,46,52)(H,47,53)/t28-,29-,30+,32+,34+,35?/m1/s1. The SMILES string of the molecule is CCC[C@H](NC(=O)[C@@H]1CN(C(=O)Oc2ccccc2)C[C@@H]1NC(=O)[C@@H](CC(=O)[C@@H](NC(=O)c1cnccn1)C1CCCCC1)C(C)(C)C)C(O)C(=O)NC1CC1. The number of nitrogens with one attached hydrogen (secondary N) is 4. The fourth-order valence-electron chi connectivity index (χ4n) is 7.59. The Hall–Kier alpha value is -4.92. The third-order valence-electron chi connectivity index (χ3n) is 11.0. The van der Waals surface area contributed by atoms with E-state index >= 15 is 0 Å². The molecule has 5 amide bonds. The first-order valence-electron chi connectivity index (χ1n) is 20.0. The minimum absolute atomic E-state index is 0.0174. The number of carbonyl (C=O) groups excluding carboxylic acids is 6. The molecule has 3 fully saturated rings. The first-order valence-corrected chi connectivity index (χ1v) is 20.0. The molecule has 5 rings (SSSR count). The molecule has 56 heavy (non-hydrogen) atoms. The highest BCUT2D eigenvalue weighted by atomic mass is 16.6. The summed E-state index contributed by atoms with van der Waals surface area (Å²) in [6.07, 6.45) is 8.78. The van der Waals surface area contributed by atoms with Crippen molar-refractivity contribution in [3.05, 3.63) is 54.6 Å². The van der Waals surface area contributed by atoms with Crippen molar-refractivity contribution in [2.24, 2.45) is 23.2 Å². The maximum Gasteiger partial charge on any atom is 0.415 e. The van der Waals surface area contributed by atoms with E-state index in [-0.39, 0.29) is 42.9 Å². The van der Waals surface area contributed by atoms with Crippen molar-refractivity contribution in [2.45, 2.75) is 122 Å². The van der Waals surface area contributed by atoms with Gasteiger partial charge in [-0.1, -0.05) is 71.6 Å². The maximum absolute atomic E-state index is 14.4. The lowest BCUT2D eigenvalue weighted by molar-refractivity contribution is -0.135. The van der Waals surface area contributed by atoms with E-state index in [9.17, 15) is 33.9 Å². The van der Waals surface area contributed by atoms with Gasteiger partial charge in [0.15, 0.2) is 11.9 Å². The molecule has 304 valence electrons. The van der Waals surface area contributed by atoms with Crippen LogP contribution in [0, 0.1) is 23.2 Å². The van der Waals surface area contributed by atoms with Crippen LogP contribution in [0.4, 0.5) is 4.79 Å². The zero-order valence-corrected chi connectivity index (χ0v) is 32.9. The van der Waals surface area contributed by atoms with Crippen LogP contribution < -0.4 is 26.0 Å². The Morgan fingerprint density at radius 1 is 0.911 bits per heavy atom. The van der Waals surface area contributed by atoms with Crippen molar-refractivity contribution in [3.63, 3.8) is 0 Å². The van der Waals surface area contributed by atoms with Gasteiger partial charge in [-0.2, -0.15) is 0 Å². The summed E-state index contributed by atoms with van der Waals surface area (Å²) in [6, 6.07) is 5.86. The van der Waals surface area contributed by atoms with Gasteiger partial charge in [-0.3, -0.25) is 29.0 Å². The Kier molecular flexibility index (Phi) is 14.5. The Bertz CT molecular complexity index is 1680. The Morgan fingerprint density at radius 3 is 2.25 bits per heavy atom. The number of aliphatic hydroxyl groups is 1. The zero-order valence-electron chi connectivity index (χ0n) is 32.9. The lowest BCUT2D eigenvalue weighted by atomic mass is 9.74. The molecule has 15 nitrogen and oxygen atoms in total. The second kappa shape index (κ2) is 19.3. The lowest BCUT2D eigenvalue weighted by Crippen LogP contribution is -2.55. The van der Waals surface area contributed by atoms with Crippen LogP contribution in [-0.4, -0.2) is 98.8 Å². The van der Waals surface area contributed by atoms with Gasteiger partial charge in [-0.25, -0.2) is 9.78 Å². The highest BCUT2D eigenvalue weighted by Gasteiger charge is 2.45. The molecule has 1 aromatic heterocycles. The number of nitrogens with zero attached hydrogens (tertiary/aromatic N) is 3. The maximum atomic E-state index is 14.4. The Labute approximate surface area is 328 Å². The Balaban J connectivity index is 1.35. The number of hydrogen-bond acceptors (Lipinski definition) is 10. The van der Waals surface area contributed by atoms with Crippen molar-refractivity contribution >= 4 is 35.5 Å². The van der Waals surface area contributed by atoms with E-state index in [0.717, 1.165) is 44.9 Å². The van der Waals surface area contributed by atoms with Gasteiger partial charge in [0.2, 0.25) is 11.8 Å². The number of Topliss-reactive ketones (excluding diaryl/α,β-unsaturated/α-hetero) is 1. The van der Waals surface area contributed by atoms with E-state index in [4.69, 9.17) is 4.74 Å². The van der Waals surface area contributed by atoms with Crippen molar-refractivity contribution < 1.29 is 38.6 Å². The van der Waals surface area contributed by atoms with Crippen LogP contribution >= 0.6 is 0 Å². The largest absolute Gasteiger partial charge is 0.415 e. The number of rotatable bonds is 16. The smallest absolute Gasteiger partial charge is 0.410 e. The summed E-state index contributed by atoms with van der Waals surface area (Å²) in [5, 5.41) is 22.5. The predicted molar refractivity (Wildman–Crippen MR) is 206 cm³/mol. The molecule has 2 saturated carbocycles. The quantitative estimate of drug-likeness (QED) is 0.168.